The summed E-state index contributed by atoms with van der Waals surface area (Å²) in [5.74, 6) is 0.122. The van der Waals surface area contributed by atoms with E-state index in [4.69, 9.17) is 0 Å². The third-order valence-electron chi connectivity index (χ3n) is 3.55. The molecule has 1 fully saturated rings. The molecule has 0 saturated heterocycles. The van der Waals surface area contributed by atoms with E-state index < -0.39 is 0 Å². The summed E-state index contributed by atoms with van der Waals surface area (Å²) in [4.78, 5) is 14.2. The zero-order valence-electron chi connectivity index (χ0n) is 10.6. The summed E-state index contributed by atoms with van der Waals surface area (Å²) in [5, 5.41) is 0. The second-order valence-electron chi connectivity index (χ2n) is 4.86. The predicted molar refractivity (Wildman–Crippen MR) is 72.2 cm³/mol. The van der Waals surface area contributed by atoms with E-state index in [0.717, 1.165) is 16.6 Å². The molecule has 0 radical (unpaired) electrons. The molecule has 1 unspecified atom stereocenters. The first-order chi connectivity index (χ1) is 8.04. The molecule has 0 aliphatic heterocycles. The summed E-state index contributed by atoms with van der Waals surface area (Å²) in [7, 11) is 1.88. The number of aromatic nitrogens is 1. The lowest BCUT2D eigenvalue weighted by molar-refractivity contribution is 0.0729. The molecule has 3 nitrogen and oxygen atoms in total. The van der Waals surface area contributed by atoms with Crippen LogP contribution in [0.15, 0.2) is 16.7 Å². The minimum Gasteiger partial charge on any atom is -0.339 e. The van der Waals surface area contributed by atoms with Crippen molar-refractivity contribution in [3.63, 3.8) is 0 Å². The first-order valence-electron chi connectivity index (χ1n) is 6.19. The number of halogens is 1. The Kier molecular flexibility index (Phi) is 3.61. The van der Waals surface area contributed by atoms with Gasteiger partial charge in [0, 0.05) is 29.8 Å². The van der Waals surface area contributed by atoms with Crippen molar-refractivity contribution in [2.24, 2.45) is 0 Å². The molecule has 17 heavy (non-hydrogen) atoms. The van der Waals surface area contributed by atoms with Gasteiger partial charge in [-0.2, -0.15) is 0 Å². The van der Waals surface area contributed by atoms with E-state index in [-0.39, 0.29) is 11.9 Å². The molecule has 1 amide bonds. The Hall–Kier alpha value is -0.770. The summed E-state index contributed by atoms with van der Waals surface area (Å²) in [6.45, 7) is 4.18. The predicted octanol–water partition coefficient (Wildman–Crippen LogP) is 3.46. The Bertz CT molecular complexity index is 423. The fraction of sp³-hybridized carbons (Fsp3) is 0.615. The average molecular weight is 299 g/mol. The molecule has 0 bridgehead atoms. The van der Waals surface area contributed by atoms with Gasteiger partial charge in [0.25, 0.3) is 5.91 Å². The maximum Gasteiger partial charge on any atom is 0.270 e. The van der Waals surface area contributed by atoms with Crippen LogP contribution < -0.4 is 0 Å². The summed E-state index contributed by atoms with van der Waals surface area (Å²) >= 11 is 3.46. The van der Waals surface area contributed by atoms with Crippen LogP contribution in [0, 0.1) is 0 Å². The molecule has 2 rings (SSSR count). The van der Waals surface area contributed by atoms with Gasteiger partial charge in [-0.1, -0.05) is 6.92 Å². The normalized spacial score (nSPS) is 16.9. The van der Waals surface area contributed by atoms with Gasteiger partial charge in [-0.15, -0.1) is 0 Å². The minimum absolute atomic E-state index is 0.122. The zero-order chi connectivity index (χ0) is 12.6. The highest BCUT2D eigenvalue weighted by atomic mass is 79.9. The van der Waals surface area contributed by atoms with Crippen LogP contribution in [-0.2, 0) is 0 Å². The summed E-state index contributed by atoms with van der Waals surface area (Å²) in [6, 6.07) is 2.74. The number of amides is 1. The molecule has 1 saturated carbocycles. The average Bonchev–Trinajstić information content (AvgIpc) is 3.09. The SMILES string of the molecule is CCC(C)N(C)C(=O)c1cc(Br)cn1C1CC1. The number of hydrogen-bond donors (Lipinski definition) is 0. The molecule has 1 aromatic heterocycles. The van der Waals surface area contributed by atoms with Gasteiger partial charge in [0.1, 0.15) is 5.69 Å². The van der Waals surface area contributed by atoms with Crippen molar-refractivity contribution in [3.05, 3.63) is 22.4 Å². The zero-order valence-corrected chi connectivity index (χ0v) is 12.2. The van der Waals surface area contributed by atoms with Crippen molar-refractivity contribution in [3.8, 4) is 0 Å². The fourth-order valence-corrected chi connectivity index (χ4v) is 2.36. The molecule has 1 heterocycles. The quantitative estimate of drug-likeness (QED) is 0.836. The van der Waals surface area contributed by atoms with E-state index in [1.54, 1.807) is 0 Å². The van der Waals surface area contributed by atoms with Gasteiger partial charge in [-0.3, -0.25) is 4.79 Å². The molecule has 0 aromatic carbocycles. The molecule has 0 N–H and O–H groups in total. The van der Waals surface area contributed by atoms with Crippen molar-refractivity contribution in [1.29, 1.82) is 0 Å². The lowest BCUT2D eigenvalue weighted by Crippen LogP contribution is -2.35. The Morgan fingerprint density at radius 3 is 2.82 bits per heavy atom. The second-order valence-corrected chi connectivity index (χ2v) is 5.77. The summed E-state index contributed by atoms with van der Waals surface area (Å²) in [5.41, 5.74) is 0.808. The molecule has 4 heteroatoms. The van der Waals surface area contributed by atoms with E-state index in [1.165, 1.54) is 12.8 Å². The molecule has 1 aliphatic carbocycles. The topological polar surface area (TPSA) is 25.2 Å². The van der Waals surface area contributed by atoms with Crippen molar-refractivity contribution < 1.29 is 4.79 Å². The maximum atomic E-state index is 12.4. The highest BCUT2D eigenvalue weighted by Gasteiger charge is 2.29. The largest absolute Gasteiger partial charge is 0.339 e. The maximum absolute atomic E-state index is 12.4. The van der Waals surface area contributed by atoms with E-state index in [0.29, 0.717) is 6.04 Å². The van der Waals surface area contributed by atoms with Crippen LogP contribution in [0.4, 0.5) is 0 Å². The van der Waals surface area contributed by atoms with Gasteiger partial charge in [-0.05, 0) is 48.2 Å². The van der Waals surface area contributed by atoms with E-state index in [1.807, 2.05) is 24.2 Å². The first-order valence-corrected chi connectivity index (χ1v) is 6.98. The van der Waals surface area contributed by atoms with Crippen molar-refractivity contribution in [2.45, 2.75) is 45.2 Å². The number of carbonyl (C=O) groups excluding carboxylic acids is 1. The van der Waals surface area contributed by atoms with Crippen molar-refractivity contribution >= 4 is 21.8 Å². The van der Waals surface area contributed by atoms with Gasteiger partial charge in [0.15, 0.2) is 0 Å². The van der Waals surface area contributed by atoms with E-state index >= 15 is 0 Å². The molecular weight excluding hydrogens is 280 g/mol. The van der Waals surface area contributed by atoms with Gasteiger partial charge in [-0.25, -0.2) is 0 Å². The van der Waals surface area contributed by atoms with Crippen LogP contribution in [0.2, 0.25) is 0 Å². The number of nitrogens with zero attached hydrogens (tertiary/aromatic N) is 2. The van der Waals surface area contributed by atoms with Gasteiger partial charge in [0.05, 0.1) is 0 Å². The van der Waals surface area contributed by atoms with Crippen LogP contribution in [0.1, 0.15) is 49.6 Å². The standard InChI is InChI=1S/C13H19BrN2O/c1-4-9(2)15(3)13(17)12-7-10(14)8-16(12)11-5-6-11/h7-9,11H,4-6H2,1-3H3. The third-order valence-corrected chi connectivity index (χ3v) is 3.98. The molecule has 1 aromatic rings. The Labute approximate surface area is 111 Å². The molecule has 0 spiro atoms. The van der Waals surface area contributed by atoms with Crippen LogP contribution in [-0.4, -0.2) is 28.5 Å². The fourth-order valence-electron chi connectivity index (χ4n) is 1.93. The highest BCUT2D eigenvalue weighted by Crippen LogP contribution is 2.37. The van der Waals surface area contributed by atoms with Crippen LogP contribution in [0.25, 0.3) is 0 Å². The Balaban J connectivity index is 2.23. The lowest BCUT2D eigenvalue weighted by Gasteiger charge is -2.24. The van der Waals surface area contributed by atoms with Gasteiger partial charge in [0.2, 0.25) is 0 Å². The van der Waals surface area contributed by atoms with E-state index in [2.05, 4.69) is 34.3 Å². The summed E-state index contributed by atoms with van der Waals surface area (Å²) in [6.07, 6.45) is 5.38. The Morgan fingerprint density at radius 2 is 2.29 bits per heavy atom. The first kappa shape index (κ1) is 12.7. The molecule has 1 atom stereocenters. The number of rotatable bonds is 4. The van der Waals surface area contributed by atoms with Crippen molar-refractivity contribution in [1.82, 2.24) is 9.47 Å². The van der Waals surface area contributed by atoms with E-state index in [9.17, 15) is 4.79 Å². The van der Waals surface area contributed by atoms with Crippen LogP contribution in [0.3, 0.4) is 0 Å². The van der Waals surface area contributed by atoms with Gasteiger partial charge >= 0.3 is 0 Å². The lowest BCUT2D eigenvalue weighted by atomic mass is 10.2. The minimum atomic E-state index is 0.122. The number of carbonyl (C=O) groups is 1. The molecule has 94 valence electrons. The monoisotopic (exact) mass is 298 g/mol. The van der Waals surface area contributed by atoms with Crippen molar-refractivity contribution in [2.75, 3.05) is 7.05 Å². The summed E-state index contributed by atoms with van der Waals surface area (Å²) < 4.78 is 3.11. The molecule has 1 aliphatic rings. The van der Waals surface area contributed by atoms with Gasteiger partial charge < -0.3 is 9.47 Å². The van der Waals surface area contributed by atoms with Crippen LogP contribution >= 0.6 is 15.9 Å². The molecular formula is C13H19BrN2O. The Morgan fingerprint density at radius 1 is 1.65 bits per heavy atom. The number of hydrogen-bond acceptors (Lipinski definition) is 1. The second kappa shape index (κ2) is 4.84. The third kappa shape index (κ3) is 2.57. The highest BCUT2D eigenvalue weighted by molar-refractivity contribution is 9.10. The van der Waals surface area contributed by atoms with Crippen LogP contribution in [0.5, 0.6) is 0 Å². The smallest absolute Gasteiger partial charge is 0.270 e.